The van der Waals surface area contributed by atoms with E-state index < -0.39 is 51.3 Å². The highest BCUT2D eigenvalue weighted by molar-refractivity contribution is 7.92. The van der Waals surface area contributed by atoms with E-state index in [4.69, 9.17) is 0 Å². The van der Waals surface area contributed by atoms with Crippen molar-refractivity contribution in [3.05, 3.63) is 107 Å². The first-order valence-electron chi connectivity index (χ1n) is 15.2. The number of carbonyl (C=O) groups is 3. The van der Waals surface area contributed by atoms with Gasteiger partial charge >= 0.3 is 0 Å². The van der Waals surface area contributed by atoms with E-state index in [1.165, 1.54) is 11.2 Å². The van der Waals surface area contributed by atoms with Crippen molar-refractivity contribution < 1.29 is 27.9 Å². The third kappa shape index (κ3) is 9.27. The summed E-state index contributed by atoms with van der Waals surface area (Å²) in [6.07, 6.45) is 2.64. The van der Waals surface area contributed by atoms with Gasteiger partial charge < -0.3 is 21.1 Å². The van der Waals surface area contributed by atoms with Crippen molar-refractivity contribution in [3.8, 4) is 0 Å². The van der Waals surface area contributed by atoms with Gasteiger partial charge in [0.1, 0.15) is 6.04 Å². The molecule has 244 valence electrons. The summed E-state index contributed by atoms with van der Waals surface area (Å²) in [4.78, 5) is 39.0. The molecule has 0 radical (unpaired) electrons. The van der Waals surface area contributed by atoms with Crippen molar-refractivity contribution in [1.82, 2.24) is 16.0 Å². The first-order chi connectivity index (χ1) is 21.7. The number of hydrogen-bond donors (Lipinski definition) is 4. The van der Waals surface area contributed by atoms with Crippen LogP contribution in [0, 0.1) is 0 Å². The molecule has 0 unspecified atom stereocenters. The third-order valence-electron chi connectivity index (χ3n) is 7.45. The summed E-state index contributed by atoms with van der Waals surface area (Å²) in [7, 11) is -4.08. The van der Waals surface area contributed by atoms with Crippen molar-refractivity contribution in [1.29, 1.82) is 0 Å². The second kappa shape index (κ2) is 14.7. The third-order valence-corrected chi connectivity index (χ3v) is 9.22. The zero-order valence-corrected chi connectivity index (χ0v) is 27.4. The Kier molecular flexibility index (Phi) is 11.0. The van der Waals surface area contributed by atoms with Gasteiger partial charge in [-0.25, -0.2) is 8.42 Å². The number of amides is 3. The fraction of sp³-hybridized carbons (Fsp3) is 0.343. The first kappa shape index (κ1) is 34.4. The molecule has 0 bridgehead atoms. The van der Waals surface area contributed by atoms with E-state index in [9.17, 15) is 27.9 Å². The largest absolute Gasteiger partial charge is 0.391 e. The first-order valence-corrected chi connectivity index (χ1v) is 16.8. The Labute approximate surface area is 271 Å². The minimum absolute atomic E-state index is 0.0332. The molecule has 3 aromatic rings. The number of fused-ring (bicyclic) bond motifs is 1. The number of aliphatic hydroxyl groups is 1. The van der Waals surface area contributed by atoms with Gasteiger partial charge in [0, 0.05) is 24.4 Å². The number of sulfonamides is 1. The topological polar surface area (TPSA) is 145 Å². The molecule has 0 saturated heterocycles. The van der Waals surface area contributed by atoms with Crippen LogP contribution in [0.5, 0.6) is 0 Å². The fourth-order valence-corrected chi connectivity index (χ4v) is 6.97. The van der Waals surface area contributed by atoms with Gasteiger partial charge in [0.25, 0.3) is 5.91 Å². The minimum Gasteiger partial charge on any atom is -0.391 e. The monoisotopic (exact) mass is 646 g/mol. The second-order valence-electron chi connectivity index (χ2n) is 12.5. The molecule has 4 N–H and O–H groups in total. The summed E-state index contributed by atoms with van der Waals surface area (Å²) < 4.78 is 28.6. The lowest BCUT2D eigenvalue weighted by atomic mass is 9.93. The predicted octanol–water partition coefficient (Wildman–Crippen LogP) is 3.21. The van der Waals surface area contributed by atoms with E-state index in [0.717, 1.165) is 11.1 Å². The molecule has 10 nitrogen and oxygen atoms in total. The van der Waals surface area contributed by atoms with E-state index in [2.05, 4.69) is 16.0 Å². The molecule has 4 rings (SSSR count). The molecule has 1 heterocycles. The van der Waals surface area contributed by atoms with Crippen LogP contribution >= 0.6 is 0 Å². The van der Waals surface area contributed by atoms with Gasteiger partial charge in [-0.1, -0.05) is 78.9 Å². The van der Waals surface area contributed by atoms with Crippen molar-refractivity contribution >= 4 is 39.5 Å². The molecule has 0 aromatic heterocycles. The van der Waals surface area contributed by atoms with Crippen molar-refractivity contribution in [2.75, 3.05) is 16.6 Å². The number of benzene rings is 3. The van der Waals surface area contributed by atoms with Crippen LogP contribution < -0.4 is 20.3 Å². The van der Waals surface area contributed by atoms with Crippen LogP contribution in [-0.2, 0) is 32.5 Å². The summed E-state index contributed by atoms with van der Waals surface area (Å²) >= 11 is 0. The quantitative estimate of drug-likeness (QED) is 0.238. The molecule has 0 spiro atoms. The van der Waals surface area contributed by atoms with Crippen LogP contribution in [0.1, 0.15) is 54.7 Å². The highest BCUT2D eigenvalue weighted by atomic mass is 32.2. The smallest absolute Gasteiger partial charge is 0.251 e. The molecular weight excluding hydrogens is 604 g/mol. The molecule has 3 amide bonds. The Bertz CT molecular complexity index is 1680. The van der Waals surface area contributed by atoms with Gasteiger partial charge in [-0.3, -0.25) is 18.7 Å². The average molecular weight is 647 g/mol. The lowest BCUT2D eigenvalue weighted by Crippen LogP contribution is -2.56. The summed E-state index contributed by atoms with van der Waals surface area (Å²) in [5.74, 6) is -2.31. The van der Waals surface area contributed by atoms with Gasteiger partial charge in [-0.05, 0) is 56.0 Å². The molecule has 11 heteroatoms. The number of nitrogens with zero attached hydrogens (tertiary/aromatic N) is 1. The number of para-hydroxylation sites is 1. The molecule has 0 saturated carbocycles. The standard InChI is InChI=1S/C35H42N4O6S/c1-24(40)36-30(23-46(44,45)39-20-12-17-26-15-9-11-19-31(26)39)34(43)37-29(21-25-13-6-5-7-14-25)32(41)22-27-16-8-10-18-28(27)33(42)38-35(2,3)4/h5-19,29-30,32,41H,20-23H2,1-4H3,(H,36,40)(H,37,43)(H,38,42)/t29-,30-,32+/m0/s1. The zero-order valence-electron chi connectivity index (χ0n) is 26.6. The average Bonchev–Trinajstić information content (AvgIpc) is 2.99. The van der Waals surface area contributed by atoms with Gasteiger partial charge in [0.05, 0.1) is 30.1 Å². The normalized spacial score (nSPS) is 14.8. The number of nitrogens with one attached hydrogen (secondary N) is 3. The lowest BCUT2D eigenvalue weighted by Gasteiger charge is -2.30. The van der Waals surface area contributed by atoms with Gasteiger partial charge in [-0.15, -0.1) is 0 Å². The molecule has 0 aliphatic carbocycles. The Morgan fingerprint density at radius 3 is 2.24 bits per heavy atom. The molecule has 3 aromatic carbocycles. The number of rotatable bonds is 12. The summed E-state index contributed by atoms with van der Waals surface area (Å²) in [5, 5.41) is 19.8. The fourth-order valence-electron chi connectivity index (χ4n) is 5.35. The van der Waals surface area contributed by atoms with Crippen molar-refractivity contribution in [3.63, 3.8) is 0 Å². The highest BCUT2D eigenvalue weighted by Gasteiger charge is 2.34. The molecule has 1 aliphatic rings. The number of anilines is 1. The van der Waals surface area contributed by atoms with Crippen molar-refractivity contribution in [2.24, 2.45) is 0 Å². The van der Waals surface area contributed by atoms with Gasteiger partial charge in [0.2, 0.25) is 21.8 Å². The lowest BCUT2D eigenvalue weighted by molar-refractivity contribution is -0.128. The zero-order chi connectivity index (χ0) is 33.5. The van der Waals surface area contributed by atoms with Gasteiger partial charge in [0.15, 0.2) is 0 Å². The summed E-state index contributed by atoms with van der Waals surface area (Å²) in [5.41, 5.74) is 2.55. The Morgan fingerprint density at radius 1 is 0.891 bits per heavy atom. The van der Waals surface area contributed by atoms with E-state index in [-0.39, 0.29) is 25.3 Å². The van der Waals surface area contributed by atoms with E-state index in [0.29, 0.717) is 16.8 Å². The van der Waals surface area contributed by atoms with E-state index >= 15 is 0 Å². The highest BCUT2D eigenvalue weighted by Crippen LogP contribution is 2.28. The Balaban J connectivity index is 1.59. The van der Waals surface area contributed by atoms with Crippen LogP contribution in [-0.4, -0.2) is 67.3 Å². The maximum absolute atomic E-state index is 13.8. The number of aliphatic hydroxyl groups excluding tert-OH is 1. The van der Waals surface area contributed by atoms with Crippen LogP contribution in [0.15, 0.2) is 84.9 Å². The number of carbonyl (C=O) groups excluding carboxylic acids is 3. The SMILES string of the molecule is CC(=O)N[C@@H](CS(=O)(=O)N1CC=Cc2ccccc21)C(=O)N[C@@H](Cc1ccccc1)[C@H](O)Cc1ccccc1C(=O)NC(C)(C)C. The molecule has 3 atom stereocenters. The van der Waals surface area contributed by atoms with E-state index in [1.54, 1.807) is 54.6 Å². The maximum Gasteiger partial charge on any atom is 0.251 e. The van der Waals surface area contributed by atoms with Crippen LogP contribution in [0.3, 0.4) is 0 Å². The van der Waals surface area contributed by atoms with Crippen LogP contribution in [0.2, 0.25) is 0 Å². The van der Waals surface area contributed by atoms with Crippen LogP contribution in [0.4, 0.5) is 5.69 Å². The molecule has 46 heavy (non-hydrogen) atoms. The molecular formula is C35H42N4O6S. The van der Waals surface area contributed by atoms with Gasteiger partial charge in [-0.2, -0.15) is 0 Å². The molecule has 1 aliphatic heterocycles. The van der Waals surface area contributed by atoms with Crippen molar-refractivity contribution in [2.45, 2.75) is 64.3 Å². The number of hydrogen-bond acceptors (Lipinski definition) is 6. The van der Waals surface area contributed by atoms with E-state index in [1.807, 2.05) is 57.2 Å². The van der Waals surface area contributed by atoms with Crippen LogP contribution in [0.25, 0.3) is 6.08 Å². The Morgan fingerprint density at radius 2 is 1.54 bits per heavy atom. The minimum atomic E-state index is -4.08. The second-order valence-corrected chi connectivity index (χ2v) is 14.4. The summed E-state index contributed by atoms with van der Waals surface area (Å²) in [6, 6.07) is 20.9. The molecule has 0 fully saturated rings. The Hall–Kier alpha value is -4.48. The maximum atomic E-state index is 13.8. The summed E-state index contributed by atoms with van der Waals surface area (Å²) in [6.45, 7) is 6.92. The predicted molar refractivity (Wildman–Crippen MR) is 180 cm³/mol.